The summed E-state index contributed by atoms with van der Waals surface area (Å²) in [6.45, 7) is 0. The maximum absolute atomic E-state index is 6.58. The van der Waals surface area contributed by atoms with Crippen molar-refractivity contribution >= 4 is 76.5 Å². The van der Waals surface area contributed by atoms with Gasteiger partial charge >= 0.3 is 0 Å². The molecular formula is C58H34N2O2. The predicted molar refractivity (Wildman–Crippen MR) is 256 cm³/mol. The molecule has 0 fully saturated rings. The van der Waals surface area contributed by atoms with Crippen molar-refractivity contribution in [2.45, 2.75) is 0 Å². The number of benzene rings is 10. The van der Waals surface area contributed by atoms with Gasteiger partial charge in [0.15, 0.2) is 0 Å². The van der Waals surface area contributed by atoms with Gasteiger partial charge in [-0.1, -0.05) is 176 Å². The topological polar surface area (TPSA) is 52.1 Å². The highest BCUT2D eigenvalue weighted by molar-refractivity contribution is 6.24. The Morgan fingerprint density at radius 2 is 0.790 bits per heavy atom. The summed E-state index contributed by atoms with van der Waals surface area (Å²) in [5.74, 6) is 0. The zero-order valence-corrected chi connectivity index (χ0v) is 33.3. The van der Waals surface area contributed by atoms with Gasteiger partial charge in [0, 0.05) is 43.4 Å². The van der Waals surface area contributed by atoms with E-state index in [0.29, 0.717) is 0 Å². The van der Waals surface area contributed by atoms with E-state index in [0.717, 1.165) is 110 Å². The SMILES string of the molecule is c1cc(-c2ccc(-c3ccc(-c4ccc(-c5c6oc7ccccc7c6cc6oc7ccccc7c56)cc4)cc3)cc2)cc(-c2cnc3c4ccccc4c4ccccc4c3n2)c1. The van der Waals surface area contributed by atoms with Crippen LogP contribution in [0.15, 0.2) is 215 Å². The smallest absolute Gasteiger partial charge is 0.144 e. The molecule has 4 heteroatoms. The summed E-state index contributed by atoms with van der Waals surface area (Å²) in [5, 5.41) is 8.93. The number of rotatable bonds is 5. The second-order valence-electron chi connectivity index (χ2n) is 16.1. The lowest BCUT2D eigenvalue weighted by Gasteiger charge is -2.11. The van der Waals surface area contributed by atoms with Gasteiger partial charge in [-0.05, 0) is 74.0 Å². The van der Waals surface area contributed by atoms with Crippen molar-refractivity contribution < 1.29 is 8.83 Å². The van der Waals surface area contributed by atoms with E-state index in [4.69, 9.17) is 18.8 Å². The van der Waals surface area contributed by atoms with Crippen LogP contribution in [-0.4, -0.2) is 9.97 Å². The molecule has 10 aromatic carbocycles. The van der Waals surface area contributed by atoms with Gasteiger partial charge in [-0.3, -0.25) is 4.98 Å². The Labute approximate surface area is 356 Å². The summed E-state index contributed by atoms with van der Waals surface area (Å²) in [4.78, 5) is 10.2. The second-order valence-corrected chi connectivity index (χ2v) is 16.1. The van der Waals surface area contributed by atoms with Crippen LogP contribution >= 0.6 is 0 Å². The zero-order valence-electron chi connectivity index (χ0n) is 33.3. The van der Waals surface area contributed by atoms with Gasteiger partial charge in [-0.15, -0.1) is 0 Å². The third-order valence-corrected chi connectivity index (χ3v) is 12.5. The Balaban J connectivity index is 0.791. The molecule has 0 unspecified atom stereocenters. The highest BCUT2D eigenvalue weighted by Crippen LogP contribution is 2.45. The van der Waals surface area contributed by atoms with Crippen LogP contribution in [-0.2, 0) is 0 Å². The third kappa shape index (κ3) is 5.40. The molecule has 0 spiro atoms. The van der Waals surface area contributed by atoms with Gasteiger partial charge < -0.3 is 8.83 Å². The Morgan fingerprint density at radius 3 is 1.42 bits per heavy atom. The summed E-state index contributed by atoms with van der Waals surface area (Å²) in [5.41, 5.74) is 16.3. The molecule has 3 aromatic heterocycles. The number of fused-ring (bicyclic) bond motifs is 12. The molecule has 13 aromatic rings. The summed E-state index contributed by atoms with van der Waals surface area (Å²) in [6.07, 6.45) is 1.91. The Kier molecular flexibility index (Phi) is 7.57. The molecule has 0 aliphatic heterocycles. The average molecular weight is 791 g/mol. The number of aromatic nitrogens is 2. The number of hydrogen-bond donors (Lipinski definition) is 0. The zero-order chi connectivity index (χ0) is 40.7. The highest BCUT2D eigenvalue weighted by Gasteiger charge is 2.21. The highest BCUT2D eigenvalue weighted by atomic mass is 16.3. The van der Waals surface area contributed by atoms with Crippen LogP contribution in [0, 0.1) is 0 Å². The third-order valence-electron chi connectivity index (χ3n) is 12.5. The molecule has 3 heterocycles. The molecule has 0 saturated carbocycles. The molecule has 0 aliphatic carbocycles. The van der Waals surface area contributed by atoms with E-state index in [-0.39, 0.29) is 0 Å². The van der Waals surface area contributed by atoms with Crippen LogP contribution in [0.5, 0.6) is 0 Å². The van der Waals surface area contributed by atoms with Gasteiger partial charge in [-0.25, -0.2) is 4.98 Å². The van der Waals surface area contributed by atoms with Crippen molar-refractivity contribution in [1.82, 2.24) is 9.97 Å². The Morgan fingerprint density at radius 1 is 0.306 bits per heavy atom. The van der Waals surface area contributed by atoms with Gasteiger partial charge in [0.2, 0.25) is 0 Å². The van der Waals surface area contributed by atoms with Gasteiger partial charge in [0.25, 0.3) is 0 Å². The lowest BCUT2D eigenvalue weighted by atomic mass is 9.94. The molecule has 0 amide bonds. The minimum atomic E-state index is 0.860. The molecule has 0 radical (unpaired) electrons. The van der Waals surface area contributed by atoms with Crippen molar-refractivity contribution in [2.75, 3.05) is 0 Å². The monoisotopic (exact) mass is 790 g/mol. The molecular weight excluding hydrogens is 757 g/mol. The fraction of sp³-hybridized carbons (Fsp3) is 0. The minimum Gasteiger partial charge on any atom is -0.456 e. The van der Waals surface area contributed by atoms with Crippen LogP contribution < -0.4 is 0 Å². The van der Waals surface area contributed by atoms with Gasteiger partial charge in [-0.2, -0.15) is 0 Å². The molecule has 62 heavy (non-hydrogen) atoms. The minimum absolute atomic E-state index is 0.860. The number of para-hydroxylation sites is 2. The van der Waals surface area contributed by atoms with Crippen molar-refractivity contribution in [3.63, 3.8) is 0 Å². The first-order valence-corrected chi connectivity index (χ1v) is 21.0. The van der Waals surface area contributed by atoms with E-state index in [1.807, 2.05) is 30.5 Å². The maximum atomic E-state index is 6.58. The van der Waals surface area contributed by atoms with Crippen LogP contribution in [0.3, 0.4) is 0 Å². The first-order chi connectivity index (χ1) is 30.7. The van der Waals surface area contributed by atoms with E-state index in [9.17, 15) is 0 Å². The van der Waals surface area contributed by atoms with E-state index >= 15 is 0 Å². The summed E-state index contributed by atoms with van der Waals surface area (Å²) >= 11 is 0. The lowest BCUT2D eigenvalue weighted by Crippen LogP contribution is -1.92. The van der Waals surface area contributed by atoms with Crippen molar-refractivity contribution in [1.29, 1.82) is 0 Å². The average Bonchev–Trinajstić information content (AvgIpc) is 3.91. The van der Waals surface area contributed by atoms with Crippen LogP contribution in [0.1, 0.15) is 0 Å². The Bertz CT molecular complexity index is 3860. The van der Waals surface area contributed by atoms with Crippen molar-refractivity contribution in [3.8, 4) is 55.8 Å². The fourth-order valence-corrected chi connectivity index (χ4v) is 9.50. The van der Waals surface area contributed by atoms with E-state index in [1.165, 1.54) is 21.9 Å². The number of furan rings is 2. The lowest BCUT2D eigenvalue weighted by molar-refractivity contribution is 0.664. The largest absolute Gasteiger partial charge is 0.456 e. The van der Waals surface area contributed by atoms with Crippen LogP contribution in [0.25, 0.3) is 132 Å². The molecule has 0 aliphatic rings. The van der Waals surface area contributed by atoms with E-state index in [2.05, 4.69) is 176 Å². The van der Waals surface area contributed by atoms with Crippen LogP contribution in [0.4, 0.5) is 0 Å². The molecule has 4 nitrogen and oxygen atoms in total. The van der Waals surface area contributed by atoms with Gasteiger partial charge in [0.1, 0.15) is 22.3 Å². The molecule has 0 atom stereocenters. The standard InChI is InChI=1S/C58H34N2O2/c1-3-15-46-43(12-1)44-13-2-4-16-47(44)57-56(46)59-34-50(60-57)42-11-9-10-41(32-42)39-26-24-37(25-27-39)35-20-22-36(23-21-35)38-28-30-40(31-29-38)54-55-48-17-6-8-19-52(48)61-53(55)33-49-45-14-5-7-18-51(45)62-58(49)54/h1-34H. The molecule has 288 valence electrons. The summed E-state index contributed by atoms with van der Waals surface area (Å²) in [6, 6.07) is 70.6. The molecule has 0 N–H and O–H groups in total. The van der Waals surface area contributed by atoms with Crippen LogP contribution in [0.2, 0.25) is 0 Å². The molecule has 13 rings (SSSR count). The van der Waals surface area contributed by atoms with E-state index < -0.39 is 0 Å². The molecule has 0 bridgehead atoms. The Hall–Kier alpha value is -8.34. The summed E-state index contributed by atoms with van der Waals surface area (Å²) in [7, 11) is 0. The normalized spacial score (nSPS) is 11.9. The number of hydrogen-bond acceptors (Lipinski definition) is 4. The molecule has 0 saturated heterocycles. The first-order valence-electron chi connectivity index (χ1n) is 21.0. The maximum Gasteiger partial charge on any atom is 0.144 e. The van der Waals surface area contributed by atoms with Gasteiger partial charge in [0.05, 0.1) is 22.9 Å². The quantitative estimate of drug-likeness (QED) is 0.163. The second kappa shape index (κ2) is 13.6. The van der Waals surface area contributed by atoms with Crippen molar-refractivity contribution in [2.24, 2.45) is 0 Å². The van der Waals surface area contributed by atoms with E-state index in [1.54, 1.807) is 0 Å². The first kappa shape index (κ1) is 34.5. The fourth-order valence-electron chi connectivity index (χ4n) is 9.50. The summed E-state index contributed by atoms with van der Waals surface area (Å²) < 4.78 is 13.0. The number of nitrogens with zero attached hydrogens (tertiary/aromatic N) is 2. The predicted octanol–water partition coefficient (Wildman–Crippen LogP) is 16.1. The van der Waals surface area contributed by atoms with Crippen molar-refractivity contribution in [3.05, 3.63) is 206 Å².